The molecule has 0 heterocycles. The van der Waals surface area contributed by atoms with Gasteiger partial charge in [0.1, 0.15) is 5.75 Å². The number of thioether (sulfide) groups is 1. The van der Waals surface area contributed by atoms with Gasteiger partial charge in [-0.3, -0.25) is 0 Å². The Labute approximate surface area is 105 Å². The van der Waals surface area contributed by atoms with E-state index < -0.39 is 0 Å². The van der Waals surface area contributed by atoms with E-state index in [1.165, 1.54) is 17.8 Å². The van der Waals surface area contributed by atoms with Crippen molar-refractivity contribution in [1.29, 1.82) is 0 Å². The average molecular weight is 252 g/mol. The van der Waals surface area contributed by atoms with Gasteiger partial charge in [0.2, 0.25) is 0 Å². The lowest BCUT2D eigenvalue weighted by Crippen LogP contribution is -2.00. The molecule has 92 valence electrons. The molecule has 0 bridgehead atoms. The molecule has 0 atom stereocenters. The number of para-hydroxylation sites is 1. The third-order valence-corrected chi connectivity index (χ3v) is 3.25. The van der Waals surface area contributed by atoms with Crippen LogP contribution < -0.4 is 0 Å². The number of hydrogen-bond acceptors (Lipinski definition) is 4. The fourth-order valence-electron chi connectivity index (χ4n) is 1.20. The summed E-state index contributed by atoms with van der Waals surface area (Å²) in [6.45, 7) is 4.10. The molecule has 0 unspecified atom stereocenters. The van der Waals surface area contributed by atoms with Crippen LogP contribution in [0, 0.1) is 0 Å². The summed E-state index contributed by atoms with van der Waals surface area (Å²) in [4.78, 5) is 12.9. The van der Waals surface area contributed by atoms with E-state index in [1.807, 2.05) is 19.1 Å². The zero-order valence-electron chi connectivity index (χ0n) is 9.97. The zero-order chi connectivity index (χ0) is 12.7. The summed E-state index contributed by atoms with van der Waals surface area (Å²) in [7, 11) is 0. The molecule has 4 heteroatoms. The van der Waals surface area contributed by atoms with Gasteiger partial charge in [-0.15, -0.1) is 0 Å². The molecule has 0 saturated heterocycles. The summed E-state index contributed by atoms with van der Waals surface area (Å²) in [5, 5.41) is 9.63. The molecule has 1 aromatic carbocycles. The largest absolute Gasteiger partial charge is 0.507 e. The lowest BCUT2D eigenvalue weighted by atomic mass is 10.3. The quantitative estimate of drug-likeness (QED) is 0.496. The Morgan fingerprint density at radius 1 is 1.41 bits per heavy atom. The van der Waals surface area contributed by atoms with Gasteiger partial charge in [0, 0.05) is 6.08 Å². The van der Waals surface area contributed by atoms with Crippen LogP contribution in [0.5, 0.6) is 5.75 Å². The van der Waals surface area contributed by atoms with Gasteiger partial charge >= 0.3 is 5.97 Å². The minimum Gasteiger partial charge on any atom is -0.507 e. The molecule has 0 radical (unpaired) electrons. The minimum absolute atomic E-state index is 0.223. The molecule has 1 rings (SSSR count). The highest BCUT2D eigenvalue weighted by Gasteiger charge is 2.06. The summed E-state index contributed by atoms with van der Waals surface area (Å²) in [6.07, 6.45) is 2.19. The standard InChI is InChI=1S/C13H16O3S/c1-3-10(9-13(15)16-4-2)17-12-8-6-5-7-11(12)14/h5-9,14H,3-4H2,1-2H3/b10-9+. The Hall–Kier alpha value is -1.42. The minimum atomic E-state index is -0.340. The molecule has 1 N–H and O–H groups in total. The molecule has 0 amide bonds. The number of phenolic OH excluding ortho intramolecular Hbond substituents is 1. The summed E-state index contributed by atoms with van der Waals surface area (Å²) in [6, 6.07) is 7.05. The molecular weight excluding hydrogens is 236 g/mol. The number of allylic oxidation sites excluding steroid dienone is 1. The fraction of sp³-hybridized carbons (Fsp3) is 0.308. The first kappa shape index (κ1) is 13.6. The predicted molar refractivity (Wildman–Crippen MR) is 69.0 cm³/mol. The average Bonchev–Trinajstić information content (AvgIpc) is 2.31. The second kappa shape index (κ2) is 7.01. The van der Waals surface area contributed by atoms with Gasteiger partial charge in [-0.05, 0) is 30.4 Å². The first-order valence-electron chi connectivity index (χ1n) is 5.50. The van der Waals surface area contributed by atoms with Gasteiger partial charge in [0.25, 0.3) is 0 Å². The lowest BCUT2D eigenvalue weighted by Gasteiger charge is -2.06. The normalized spacial score (nSPS) is 11.3. The van der Waals surface area contributed by atoms with Crippen LogP contribution in [0.1, 0.15) is 20.3 Å². The number of hydrogen-bond donors (Lipinski definition) is 1. The number of ether oxygens (including phenoxy) is 1. The van der Waals surface area contributed by atoms with Crippen molar-refractivity contribution in [2.24, 2.45) is 0 Å². The molecule has 3 nitrogen and oxygen atoms in total. The van der Waals surface area contributed by atoms with Gasteiger partial charge in [-0.1, -0.05) is 30.8 Å². The molecule has 0 aliphatic heterocycles. The third-order valence-electron chi connectivity index (χ3n) is 2.02. The van der Waals surface area contributed by atoms with E-state index in [0.29, 0.717) is 6.61 Å². The molecule has 0 spiro atoms. The maximum atomic E-state index is 11.3. The van der Waals surface area contributed by atoms with Gasteiger partial charge in [-0.2, -0.15) is 0 Å². The number of aromatic hydroxyl groups is 1. The van der Waals surface area contributed by atoms with E-state index in [-0.39, 0.29) is 11.7 Å². The first-order chi connectivity index (χ1) is 8.17. The highest BCUT2D eigenvalue weighted by Crippen LogP contribution is 2.34. The number of benzene rings is 1. The van der Waals surface area contributed by atoms with Crippen molar-refractivity contribution >= 4 is 17.7 Å². The van der Waals surface area contributed by atoms with E-state index in [4.69, 9.17) is 4.74 Å². The summed E-state index contributed by atoms with van der Waals surface area (Å²) < 4.78 is 4.85. The Morgan fingerprint density at radius 2 is 2.12 bits per heavy atom. The number of carbonyl (C=O) groups is 1. The van der Waals surface area contributed by atoms with E-state index in [0.717, 1.165) is 16.2 Å². The van der Waals surface area contributed by atoms with Gasteiger partial charge < -0.3 is 9.84 Å². The Kier molecular flexibility index (Phi) is 5.63. The van der Waals surface area contributed by atoms with Crippen molar-refractivity contribution < 1.29 is 14.6 Å². The third kappa shape index (κ3) is 4.53. The molecule has 0 fully saturated rings. The Morgan fingerprint density at radius 3 is 2.71 bits per heavy atom. The fourth-order valence-corrected chi connectivity index (χ4v) is 2.10. The van der Waals surface area contributed by atoms with E-state index >= 15 is 0 Å². The highest BCUT2D eigenvalue weighted by molar-refractivity contribution is 8.03. The van der Waals surface area contributed by atoms with Crippen LogP contribution in [0.15, 0.2) is 40.1 Å². The lowest BCUT2D eigenvalue weighted by molar-refractivity contribution is -0.137. The van der Waals surface area contributed by atoms with Crippen molar-refractivity contribution in [2.75, 3.05) is 6.61 Å². The second-order valence-electron chi connectivity index (χ2n) is 3.29. The molecule has 0 aliphatic carbocycles. The maximum Gasteiger partial charge on any atom is 0.331 e. The molecule has 0 aromatic heterocycles. The summed E-state index contributed by atoms with van der Waals surface area (Å²) in [5.41, 5.74) is 0. The van der Waals surface area contributed by atoms with Crippen LogP contribution >= 0.6 is 11.8 Å². The highest BCUT2D eigenvalue weighted by atomic mass is 32.2. The van der Waals surface area contributed by atoms with Crippen LogP contribution in [0.3, 0.4) is 0 Å². The number of carbonyl (C=O) groups excluding carboxylic acids is 1. The van der Waals surface area contributed by atoms with Crippen molar-refractivity contribution in [2.45, 2.75) is 25.2 Å². The van der Waals surface area contributed by atoms with Crippen LogP contribution in [0.25, 0.3) is 0 Å². The first-order valence-corrected chi connectivity index (χ1v) is 6.32. The number of rotatable bonds is 5. The molecular formula is C13H16O3S. The van der Waals surface area contributed by atoms with Crippen molar-refractivity contribution in [3.8, 4) is 5.75 Å². The van der Waals surface area contributed by atoms with Crippen molar-refractivity contribution in [3.05, 3.63) is 35.2 Å². The molecule has 1 aromatic rings. The summed E-state index contributed by atoms with van der Waals surface area (Å²) in [5.74, 6) is -0.118. The zero-order valence-corrected chi connectivity index (χ0v) is 10.8. The van der Waals surface area contributed by atoms with Crippen LogP contribution in [0.4, 0.5) is 0 Å². The Balaban J connectivity index is 2.77. The predicted octanol–water partition coefficient (Wildman–Crippen LogP) is 3.34. The smallest absolute Gasteiger partial charge is 0.331 e. The van der Waals surface area contributed by atoms with Crippen LogP contribution in [-0.2, 0) is 9.53 Å². The topological polar surface area (TPSA) is 46.5 Å². The van der Waals surface area contributed by atoms with Gasteiger partial charge in [0.15, 0.2) is 0 Å². The number of esters is 1. The SMILES string of the molecule is CCOC(=O)/C=C(\CC)Sc1ccccc1O. The second-order valence-corrected chi connectivity index (χ2v) is 4.45. The van der Waals surface area contributed by atoms with E-state index in [2.05, 4.69) is 0 Å². The monoisotopic (exact) mass is 252 g/mol. The van der Waals surface area contributed by atoms with Crippen molar-refractivity contribution in [1.82, 2.24) is 0 Å². The molecule has 0 aliphatic rings. The number of phenols is 1. The van der Waals surface area contributed by atoms with Crippen LogP contribution in [0.2, 0.25) is 0 Å². The van der Waals surface area contributed by atoms with E-state index in [9.17, 15) is 9.90 Å². The maximum absolute atomic E-state index is 11.3. The van der Waals surface area contributed by atoms with Gasteiger partial charge in [0.05, 0.1) is 11.5 Å². The van der Waals surface area contributed by atoms with E-state index in [1.54, 1.807) is 19.1 Å². The molecule has 17 heavy (non-hydrogen) atoms. The van der Waals surface area contributed by atoms with Crippen LogP contribution in [-0.4, -0.2) is 17.7 Å². The summed E-state index contributed by atoms with van der Waals surface area (Å²) >= 11 is 1.38. The van der Waals surface area contributed by atoms with Gasteiger partial charge in [-0.25, -0.2) is 4.79 Å². The van der Waals surface area contributed by atoms with Crippen molar-refractivity contribution in [3.63, 3.8) is 0 Å². The Bertz CT molecular complexity index is 413. The molecule has 0 saturated carbocycles.